The summed E-state index contributed by atoms with van der Waals surface area (Å²) >= 11 is 12.7. The minimum absolute atomic E-state index is 0.104. The molecule has 2 heterocycles. The van der Waals surface area contributed by atoms with E-state index in [0.29, 0.717) is 50.4 Å². The second-order valence-corrected chi connectivity index (χ2v) is 9.39. The number of methoxy groups -OCH3 is 2. The van der Waals surface area contributed by atoms with Crippen LogP contribution >= 0.6 is 23.2 Å². The number of carbonyl (C=O) groups is 1. The van der Waals surface area contributed by atoms with Gasteiger partial charge in [-0.1, -0.05) is 41.4 Å². The molecule has 0 fully saturated rings. The molecule has 0 saturated carbocycles. The smallest absolute Gasteiger partial charge is 0.296 e. The predicted octanol–water partition coefficient (Wildman–Crippen LogP) is 5.87. The van der Waals surface area contributed by atoms with Crippen LogP contribution in [0.1, 0.15) is 17.4 Å². The highest BCUT2D eigenvalue weighted by Gasteiger charge is 2.28. The number of nitrogens with zero attached hydrogens (tertiary/aromatic N) is 4. The van der Waals surface area contributed by atoms with Gasteiger partial charge in [-0.15, -0.1) is 0 Å². The van der Waals surface area contributed by atoms with Crippen LogP contribution in [-0.2, 0) is 7.05 Å². The number of hydrogen-bond donors (Lipinski definition) is 0. The Kier molecular flexibility index (Phi) is 6.77. The summed E-state index contributed by atoms with van der Waals surface area (Å²) in [5.74, 6) is 0.521. The number of para-hydroxylation sites is 1. The van der Waals surface area contributed by atoms with Crippen molar-refractivity contribution in [2.45, 2.75) is 6.92 Å². The third-order valence-electron chi connectivity index (χ3n) is 6.51. The summed E-state index contributed by atoms with van der Waals surface area (Å²) in [4.78, 5) is 29.7. The number of carbonyl (C=O) groups excluding carboxylic acids is 1. The molecule has 5 rings (SSSR count). The number of amides is 1. The average molecular weight is 551 g/mol. The van der Waals surface area contributed by atoms with Gasteiger partial charge in [0.2, 0.25) is 0 Å². The number of hydrogen-bond acceptors (Lipinski definition) is 5. The van der Waals surface area contributed by atoms with E-state index in [1.165, 1.54) is 23.8 Å². The molecule has 38 heavy (non-hydrogen) atoms. The first kappa shape index (κ1) is 25.6. The molecule has 0 aliphatic carbocycles. The van der Waals surface area contributed by atoms with Crippen molar-refractivity contribution in [1.29, 1.82) is 0 Å². The molecule has 3 aromatic carbocycles. The lowest BCUT2D eigenvalue weighted by atomic mass is 10.1. The molecule has 0 spiro atoms. The maximum atomic E-state index is 14.3. The number of aromatic nitrogens is 3. The SMILES string of the molecule is CCN(C(=O)c1nn(-c2ccc(OC)c(Cl)c2)c(=O)c2c1c1ccccc1n2C)c1cc(Cl)ccc1OC. The van der Waals surface area contributed by atoms with E-state index in [0.717, 1.165) is 10.9 Å². The van der Waals surface area contributed by atoms with Crippen molar-refractivity contribution in [3.05, 3.63) is 86.8 Å². The molecule has 2 aromatic heterocycles. The molecule has 1 amide bonds. The number of anilines is 1. The van der Waals surface area contributed by atoms with Crippen LogP contribution in [0.4, 0.5) is 5.69 Å². The van der Waals surface area contributed by atoms with Crippen molar-refractivity contribution in [3.63, 3.8) is 0 Å². The van der Waals surface area contributed by atoms with Crippen molar-refractivity contribution in [1.82, 2.24) is 14.3 Å². The Balaban J connectivity index is 1.84. The van der Waals surface area contributed by atoms with Gasteiger partial charge in [0.05, 0.1) is 30.6 Å². The Hall–Kier alpha value is -4.01. The fourth-order valence-electron chi connectivity index (χ4n) is 4.72. The van der Waals surface area contributed by atoms with Crippen LogP contribution in [-0.4, -0.2) is 41.0 Å². The summed E-state index contributed by atoms with van der Waals surface area (Å²) in [6.07, 6.45) is 0. The number of fused-ring (bicyclic) bond motifs is 3. The van der Waals surface area contributed by atoms with Gasteiger partial charge in [-0.05, 0) is 49.4 Å². The first-order valence-corrected chi connectivity index (χ1v) is 12.6. The van der Waals surface area contributed by atoms with Crippen molar-refractivity contribution in [3.8, 4) is 17.2 Å². The monoisotopic (exact) mass is 550 g/mol. The van der Waals surface area contributed by atoms with Gasteiger partial charge in [0.15, 0.2) is 5.69 Å². The Morgan fingerprint density at radius 2 is 1.71 bits per heavy atom. The fourth-order valence-corrected chi connectivity index (χ4v) is 5.13. The van der Waals surface area contributed by atoms with Crippen LogP contribution in [0.5, 0.6) is 11.5 Å². The van der Waals surface area contributed by atoms with Crippen molar-refractivity contribution in [2.75, 3.05) is 25.7 Å². The van der Waals surface area contributed by atoms with Gasteiger partial charge >= 0.3 is 0 Å². The predicted molar refractivity (Wildman–Crippen MR) is 151 cm³/mol. The third-order valence-corrected chi connectivity index (χ3v) is 7.04. The number of benzene rings is 3. The Bertz CT molecular complexity index is 1780. The minimum atomic E-state index is -0.414. The van der Waals surface area contributed by atoms with Crippen LogP contribution in [0.15, 0.2) is 65.5 Å². The zero-order valence-corrected chi connectivity index (χ0v) is 22.7. The summed E-state index contributed by atoms with van der Waals surface area (Å²) in [6, 6.07) is 17.5. The van der Waals surface area contributed by atoms with Crippen LogP contribution in [0, 0.1) is 0 Å². The number of rotatable bonds is 6. The van der Waals surface area contributed by atoms with Crippen molar-refractivity contribution >= 4 is 56.6 Å². The van der Waals surface area contributed by atoms with Gasteiger partial charge in [-0.25, -0.2) is 0 Å². The van der Waals surface area contributed by atoms with Crippen LogP contribution in [0.25, 0.3) is 27.5 Å². The van der Waals surface area contributed by atoms with Gasteiger partial charge in [0, 0.05) is 34.9 Å². The molecule has 0 radical (unpaired) electrons. The normalized spacial score (nSPS) is 11.2. The van der Waals surface area contributed by atoms with E-state index in [9.17, 15) is 9.59 Å². The second kappa shape index (κ2) is 10.0. The topological polar surface area (TPSA) is 78.6 Å². The first-order valence-electron chi connectivity index (χ1n) is 11.8. The summed E-state index contributed by atoms with van der Waals surface area (Å²) in [7, 11) is 4.83. The Morgan fingerprint density at radius 3 is 2.39 bits per heavy atom. The third kappa shape index (κ3) is 4.06. The molecule has 0 unspecified atom stereocenters. The van der Waals surface area contributed by atoms with E-state index < -0.39 is 5.91 Å². The van der Waals surface area contributed by atoms with Crippen LogP contribution < -0.4 is 19.9 Å². The Morgan fingerprint density at radius 1 is 1.00 bits per heavy atom. The average Bonchev–Trinajstić information content (AvgIpc) is 3.22. The standard InChI is InChI=1S/C28H24Cl2N4O4/c1-5-33(21-14-16(29)10-12-23(21)38-4)27(35)25-24-18-8-6-7-9-20(18)32(2)26(24)28(36)34(31-25)17-11-13-22(37-3)19(30)15-17/h6-15H,5H2,1-4H3. The molecule has 0 aliphatic rings. The molecule has 0 N–H and O–H groups in total. The summed E-state index contributed by atoms with van der Waals surface area (Å²) < 4.78 is 13.8. The van der Waals surface area contributed by atoms with E-state index in [1.807, 2.05) is 31.2 Å². The zero-order valence-electron chi connectivity index (χ0n) is 21.2. The van der Waals surface area contributed by atoms with Gasteiger partial charge in [-0.2, -0.15) is 9.78 Å². The quantitative estimate of drug-likeness (QED) is 0.264. The highest BCUT2D eigenvalue weighted by atomic mass is 35.5. The lowest BCUT2D eigenvalue weighted by molar-refractivity contribution is 0.0983. The maximum Gasteiger partial charge on any atom is 0.296 e. The van der Waals surface area contributed by atoms with E-state index in [2.05, 4.69) is 5.10 Å². The second-order valence-electron chi connectivity index (χ2n) is 8.55. The molecule has 0 saturated heterocycles. The Labute approximate surface area is 228 Å². The largest absolute Gasteiger partial charge is 0.495 e. The van der Waals surface area contributed by atoms with Gasteiger partial charge in [0.1, 0.15) is 17.0 Å². The molecule has 8 nitrogen and oxygen atoms in total. The van der Waals surface area contributed by atoms with Gasteiger partial charge < -0.3 is 18.9 Å². The molecule has 5 aromatic rings. The zero-order chi connectivity index (χ0) is 27.1. The van der Waals surface area contributed by atoms with E-state index in [4.69, 9.17) is 32.7 Å². The molecular formula is C28H24Cl2N4O4. The number of aryl methyl sites for hydroxylation is 1. The molecule has 0 atom stereocenters. The van der Waals surface area contributed by atoms with Gasteiger partial charge in [-0.3, -0.25) is 9.59 Å². The summed E-state index contributed by atoms with van der Waals surface area (Å²) in [5, 5.41) is 6.60. The highest BCUT2D eigenvalue weighted by Crippen LogP contribution is 2.35. The van der Waals surface area contributed by atoms with Crippen LogP contribution in [0.2, 0.25) is 10.0 Å². The van der Waals surface area contributed by atoms with Crippen molar-refractivity contribution in [2.24, 2.45) is 7.05 Å². The molecular weight excluding hydrogens is 527 g/mol. The van der Waals surface area contributed by atoms with Crippen molar-refractivity contribution < 1.29 is 14.3 Å². The number of ether oxygens (including phenoxy) is 2. The molecule has 10 heteroatoms. The van der Waals surface area contributed by atoms with E-state index in [-0.39, 0.29) is 11.3 Å². The highest BCUT2D eigenvalue weighted by molar-refractivity contribution is 6.32. The summed E-state index contributed by atoms with van der Waals surface area (Å²) in [5.41, 5.74) is 1.74. The first-order chi connectivity index (χ1) is 18.3. The maximum absolute atomic E-state index is 14.3. The molecule has 0 bridgehead atoms. The molecule has 194 valence electrons. The van der Waals surface area contributed by atoms with Gasteiger partial charge in [0.25, 0.3) is 11.5 Å². The van der Waals surface area contributed by atoms with E-state index >= 15 is 0 Å². The minimum Gasteiger partial charge on any atom is -0.495 e. The lowest BCUT2D eigenvalue weighted by Gasteiger charge is -2.23. The fraction of sp³-hybridized carbons (Fsp3) is 0.179. The molecule has 0 aliphatic heterocycles. The van der Waals surface area contributed by atoms with Crippen LogP contribution in [0.3, 0.4) is 0 Å². The lowest BCUT2D eigenvalue weighted by Crippen LogP contribution is -2.34. The summed E-state index contributed by atoms with van der Waals surface area (Å²) in [6.45, 7) is 2.15. The number of halogens is 2. The van der Waals surface area contributed by atoms with E-state index in [1.54, 1.807) is 48.0 Å².